The minimum atomic E-state index is -0.562. The van der Waals surface area contributed by atoms with Gasteiger partial charge in [-0.25, -0.2) is 4.39 Å². The summed E-state index contributed by atoms with van der Waals surface area (Å²) in [6, 6.07) is 1.52. The number of rotatable bonds is 3. The van der Waals surface area contributed by atoms with Crippen LogP contribution in [-0.2, 0) is 12.0 Å². The van der Waals surface area contributed by atoms with Gasteiger partial charge in [0.05, 0.1) is 7.11 Å². The largest absolute Gasteiger partial charge is 0.496 e. The predicted molar refractivity (Wildman–Crippen MR) is 64.3 cm³/mol. The summed E-state index contributed by atoms with van der Waals surface area (Å²) >= 11 is 0. The SMILES string of the molecule is CCc1c(C(C)(C)N)cc(F)c(C)c1OC. The molecular weight excluding hydrogens is 205 g/mol. The number of halogens is 1. The molecule has 0 radical (unpaired) electrons. The van der Waals surface area contributed by atoms with Crippen LogP contribution in [0, 0.1) is 12.7 Å². The van der Waals surface area contributed by atoms with Crippen molar-refractivity contribution in [2.75, 3.05) is 7.11 Å². The summed E-state index contributed by atoms with van der Waals surface area (Å²) < 4.78 is 19.0. The minimum absolute atomic E-state index is 0.262. The van der Waals surface area contributed by atoms with Gasteiger partial charge < -0.3 is 10.5 Å². The second-order valence-electron chi connectivity index (χ2n) is 4.62. The Bertz CT molecular complexity index is 394. The van der Waals surface area contributed by atoms with Crippen molar-refractivity contribution in [1.29, 1.82) is 0 Å². The number of nitrogens with two attached hydrogens (primary N) is 1. The van der Waals surface area contributed by atoms with Gasteiger partial charge in [0.2, 0.25) is 0 Å². The average Bonchev–Trinajstić information content (AvgIpc) is 2.19. The van der Waals surface area contributed by atoms with Crippen molar-refractivity contribution in [2.24, 2.45) is 5.73 Å². The quantitative estimate of drug-likeness (QED) is 0.858. The van der Waals surface area contributed by atoms with E-state index >= 15 is 0 Å². The van der Waals surface area contributed by atoms with E-state index in [4.69, 9.17) is 10.5 Å². The van der Waals surface area contributed by atoms with Gasteiger partial charge in [0.15, 0.2) is 0 Å². The summed E-state index contributed by atoms with van der Waals surface area (Å²) in [6.07, 6.45) is 0.778. The lowest BCUT2D eigenvalue weighted by Gasteiger charge is -2.25. The number of ether oxygens (including phenoxy) is 1. The zero-order chi connectivity index (χ0) is 12.5. The molecule has 0 aliphatic heterocycles. The van der Waals surface area contributed by atoms with Gasteiger partial charge in [0.25, 0.3) is 0 Å². The van der Waals surface area contributed by atoms with Gasteiger partial charge in [-0.05, 0) is 44.4 Å². The van der Waals surface area contributed by atoms with E-state index in [1.807, 2.05) is 20.8 Å². The van der Waals surface area contributed by atoms with Crippen molar-refractivity contribution >= 4 is 0 Å². The van der Waals surface area contributed by atoms with Crippen molar-refractivity contribution in [3.63, 3.8) is 0 Å². The standard InChI is InChI=1S/C13H20FNO/c1-6-9-10(13(3,4)15)7-11(14)8(2)12(9)16-5/h7H,6,15H2,1-5H3. The maximum absolute atomic E-state index is 13.7. The molecule has 0 saturated carbocycles. The molecule has 0 fully saturated rings. The van der Waals surface area contributed by atoms with Crippen LogP contribution in [0.3, 0.4) is 0 Å². The third kappa shape index (κ3) is 2.19. The van der Waals surface area contributed by atoms with Crippen LogP contribution in [0.1, 0.15) is 37.5 Å². The lowest BCUT2D eigenvalue weighted by Crippen LogP contribution is -2.30. The highest BCUT2D eigenvalue weighted by atomic mass is 19.1. The summed E-state index contributed by atoms with van der Waals surface area (Å²) in [5, 5.41) is 0. The number of hydrogen-bond donors (Lipinski definition) is 1. The van der Waals surface area contributed by atoms with Crippen molar-refractivity contribution in [1.82, 2.24) is 0 Å². The Balaban J connectivity index is 3.57. The molecule has 1 aromatic rings. The molecule has 0 aliphatic carbocycles. The Morgan fingerprint density at radius 2 is 2.00 bits per heavy atom. The maximum atomic E-state index is 13.7. The fourth-order valence-corrected chi connectivity index (χ4v) is 1.98. The molecule has 0 aliphatic rings. The molecule has 0 unspecified atom stereocenters. The van der Waals surface area contributed by atoms with Crippen molar-refractivity contribution < 1.29 is 9.13 Å². The molecule has 0 spiro atoms. The van der Waals surface area contributed by atoms with Gasteiger partial charge >= 0.3 is 0 Å². The number of benzene rings is 1. The molecule has 0 amide bonds. The zero-order valence-electron chi connectivity index (χ0n) is 10.6. The van der Waals surface area contributed by atoms with Crippen molar-refractivity contribution in [2.45, 2.75) is 39.7 Å². The van der Waals surface area contributed by atoms with E-state index in [0.29, 0.717) is 11.3 Å². The molecule has 0 heterocycles. The Kier molecular flexibility index (Phi) is 3.58. The van der Waals surface area contributed by atoms with Crippen molar-refractivity contribution in [3.8, 4) is 5.75 Å². The second kappa shape index (κ2) is 4.42. The van der Waals surface area contributed by atoms with Gasteiger partial charge in [-0.1, -0.05) is 6.92 Å². The van der Waals surface area contributed by atoms with E-state index in [1.54, 1.807) is 14.0 Å². The molecule has 90 valence electrons. The minimum Gasteiger partial charge on any atom is -0.496 e. The fourth-order valence-electron chi connectivity index (χ4n) is 1.98. The first-order chi connectivity index (χ1) is 7.32. The van der Waals surface area contributed by atoms with E-state index in [-0.39, 0.29) is 5.82 Å². The fraction of sp³-hybridized carbons (Fsp3) is 0.538. The first-order valence-electron chi connectivity index (χ1n) is 5.48. The highest BCUT2D eigenvalue weighted by Gasteiger charge is 2.23. The summed E-state index contributed by atoms with van der Waals surface area (Å²) in [5.41, 5.74) is 7.85. The molecule has 0 aromatic heterocycles. The van der Waals surface area contributed by atoms with Crippen LogP contribution in [0.5, 0.6) is 5.75 Å². The zero-order valence-corrected chi connectivity index (χ0v) is 10.6. The molecular formula is C13H20FNO. The Morgan fingerprint density at radius 3 is 2.38 bits per heavy atom. The van der Waals surface area contributed by atoms with Crippen LogP contribution in [0.25, 0.3) is 0 Å². The molecule has 1 rings (SSSR count). The van der Waals surface area contributed by atoms with Crippen LogP contribution >= 0.6 is 0 Å². The van der Waals surface area contributed by atoms with Crippen LogP contribution in [0.4, 0.5) is 4.39 Å². The Morgan fingerprint density at radius 1 is 1.44 bits per heavy atom. The third-order valence-electron chi connectivity index (χ3n) is 2.82. The van der Waals surface area contributed by atoms with Gasteiger partial charge in [-0.3, -0.25) is 0 Å². The van der Waals surface area contributed by atoms with Crippen LogP contribution in [0.15, 0.2) is 6.07 Å². The van der Waals surface area contributed by atoms with Gasteiger partial charge in [0, 0.05) is 11.1 Å². The molecule has 2 N–H and O–H groups in total. The lowest BCUT2D eigenvalue weighted by molar-refractivity contribution is 0.398. The molecule has 16 heavy (non-hydrogen) atoms. The smallest absolute Gasteiger partial charge is 0.130 e. The van der Waals surface area contributed by atoms with E-state index in [2.05, 4.69) is 0 Å². The maximum Gasteiger partial charge on any atom is 0.130 e. The average molecular weight is 225 g/mol. The summed E-state index contributed by atoms with van der Waals surface area (Å²) in [7, 11) is 1.56. The molecule has 3 heteroatoms. The molecule has 0 saturated heterocycles. The third-order valence-corrected chi connectivity index (χ3v) is 2.82. The predicted octanol–water partition coefficient (Wildman–Crippen LogP) is 2.90. The van der Waals surface area contributed by atoms with E-state index < -0.39 is 5.54 Å². The normalized spacial score (nSPS) is 11.7. The highest BCUT2D eigenvalue weighted by molar-refractivity contribution is 5.49. The van der Waals surface area contributed by atoms with Crippen LogP contribution in [-0.4, -0.2) is 7.11 Å². The van der Waals surface area contributed by atoms with Crippen LogP contribution in [0.2, 0.25) is 0 Å². The van der Waals surface area contributed by atoms with Gasteiger partial charge in [0.1, 0.15) is 11.6 Å². The monoisotopic (exact) mass is 225 g/mol. The van der Waals surface area contributed by atoms with Crippen LogP contribution < -0.4 is 10.5 Å². The Labute approximate surface area is 96.6 Å². The summed E-state index contributed by atoms with van der Waals surface area (Å²) in [6.45, 7) is 7.48. The number of hydrogen-bond acceptors (Lipinski definition) is 2. The van der Waals surface area contributed by atoms with E-state index in [0.717, 1.165) is 17.5 Å². The van der Waals surface area contributed by atoms with Crippen molar-refractivity contribution in [3.05, 3.63) is 28.6 Å². The van der Waals surface area contributed by atoms with E-state index in [9.17, 15) is 4.39 Å². The molecule has 0 bridgehead atoms. The first-order valence-corrected chi connectivity index (χ1v) is 5.48. The highest BCUT2D eigenvalue weighted by Crippen LogP contribution is 2.34. The van der Waals surface area contributed by atoms with Gasteiger partial charge in [-0.2, -0.15) is 0 Å². The molecule has 1 aromatic carbocycles. The van der Waals surface area contributed by atoms with E-state index in [1.165, 1.54) is 6.07 Å². The summed E-state index contributed by atoms with van der Waals surface area (Å²) in [4.78, 5) is 0. The topological polar surface area (TPSA) is 35.2 Å². The second-order valence-corrected chi connectivity index (χ2v) is 4.62. The lowest BCUT2D eigenvalue weighted by atomic mass is 9.87. The molecule has 0 atom stereocenters. The first kappa shape index (κ1) is 13.0. The molecule has 2 nitrogen and oxygen atoms in total. The number of methoxy groups -OCH3 is 1. The summed E-state index contributed by atoms with van der Waals surface area (Å²) in [5.74, 6) is 0.360. The van der Waals surface area contributed by atoms with Gasteiger partial charge in [-0.15, -0.1) is 0 Å². The Hall–Kier alpha value is -1.09.